The van der Waals surface area contributed by atoms with Crippen molar-refractivity contribution in [2.75, 3.05) is 12.4 Å². The number of ether oxygens (including phenoxy) is 1. The summed E-state index contributed by atoms with van der Waals surface area (Å²) in [6.45, 7) is 0. The minimum Gasteiger partial charge on any atom is -0.496 e. The Morgan fingerprint density at radius 3 is 2.67 bits per heavy atom. The van der Waals surface area contributed by atoms with Crippen LogP contribution in [0.2, 0.25) is 0 Å². The monoisotopic (exact) mass is 447 g/mol. The molecular weight excluding hydrogens is 434 g/mol. The molecule has 0 radical (unpaired) electrons. The molecule has 0 aliphatic heterocycles. The van der Waals surface area contributed by atoms with Gasteiger partial charge in [0, 0.05) is 23.1 Å². The quantitative estimate of drug-likeness (QED) is 0.437. The molecule has 0 aliphatic rings. The molecule has 0 fully saturated rings. The lowest BCUT2D eigenvalue weighted by molar-refractivity contribution is -0.384. The fraction of sp³-hybridized carbons (Fsp3) is 0.111. The van der Waals surface area contributed by atoms with Gasteiger partial charge in [-0.25, -0.2) is 4.98 Å². The van der Waals surface area contributed by atoms with Crippen molar-refractivity contribution in [2.24, 2.45) is 0 Å². The van der Waals surface area contributed by atoms with Crippen LogP contribution >= 0.6 is 27.3 Å². The van der Waals surface area contributed by atoms with E-state index in [0.717, 1.165) is 21.5 Å². The topological polar surface area (TPSA) is 94.4 Å². The summed E-state index contributed by atoms with van der Waals surface area (Å²) in [6, 6.07) is 11.5. The molecule has 0 saturated heterocycles. The van der Waals surface area contributed by atoms with Crippen LogP contribution in [0, 0.1) is 10.1 Å². The van der Waals surface area contributed by atoms with E-state index in [1.165, 1.54) is 23.5 Å². The number of carbonyl (C=O) groups excluding carboxylic acids is 1. The maximum atomic E-state index is 12.2. The third-order valence-electron chi connectivity index (χ3n) is 3.71. The number of thiazole rings is 1. The summed E-state index contributed by atoms with van der Waals surface area (Å²) in [7, 11) is 1.60. The molecule has 138 valence electrons. The smallest absolute Gasteiger partial charge is 0.269 e. The molecule has 0 atom stereocenters. The van der Waals surface area contributed by atoms with Crippen LogP contribution in [0.25, 0.3) is 11.3 Å². The Hall–Kier alpha value is -2.78. The van der Waals surface area contributed by atoms with Crippen LogP contribution < -0.4 is 10.1 Å². The van der Waals surface area contributed by atoms with Crippen LogP contribution in [0.3, 0.4) is 0 Å². The Kier molecular flexibility index (Phi) is 5.82. The SMILES string of the molecule is COc1ccc(-c2csc(NC(=O)Cc3ccc([N+](=O)[O-])cc3)n2)cc1Br. The second-order valence-electron chi connectivity index (χ2n) is 5.54. The van der Waals surface area contributed by atoms with Crippen molar-refractivity contribution < 1.29 is 14.5 Å². The van der Waals surface area contributed by atoms with Gasteiger partial charge in [0.05, 0.1) is 28.6 Å². The molecule has 1 amide bonds. The zero-order chi connectivity index (χ0) is 19.4. The van der Waals surface area contributed by atoms with Gasteiger partial charge in [0.2, 0.25) is 5.91 Å². The number of nitrogens with zero attached hydrogens (tertiary/aromatic N) is 2. The van der Waals surface area contributed by atoms with Crippen LogP contribution in [0.1, 0.15) is 5.56 Å². The third kappa shape index (κ3) is 4.69. The van der Waals surface area contributed by atoms with Gasteiger partial charge in [-0.1, -0.05) is 12.1 Å². The molecule has 0 saturated carbocycles. The van der Waals surface area contributed by atoms with Gasteiger partial charge in [0.25, 0.3) is 5.69 Å². The first-order chi connectivity index (χ1) is 13.0. The Balaban J connectivity index is 1.65. The summed E-state index contributed by atoms with van der Waals surface area (Å²) in [5.74, 6) is 0.492. The van der Waals surface area contributed by atoms with Crippen molar-refractivity contribution in [2.45, 2.75) is 6.42 Å². The summed E-state index contributed by atoms with van der Waals surface area (Å²) in [4.78, 5) is 26.8. The van der Waals surface area contributed by atoms with Crippen LogP contribution in [-0.2, 0) is 11.2 Å². The van der Waals surface area contributed by atoms with E-state index in [9.17, 15) is 14.9 Å². The molecule has 1 aromatic heterocycles. The number of methoxy groups -OCH3 is 1. The second-order valence-corrected chi connectivity index (χ2v) is 7.25. The van der Waals surface area contributed by atoms with Gasteiger partial charge in [0.1, 0.15) is 5.75 Å². The third-order valence-corrected chi connectivity index (χ3v) is 5.09. The molecule has 3 aromatic rings. The molecule has 3 rings (SSSR count). The van der Waals surface area contributed by atoms with Crippen molar-refractivity contribution in [1.29, 1.82) is 0 Å². The minimum absolute atomic E-state index is 0.00521. The van der Waals surface area contributed by atoms with E-state index in [1.807, 2.05) is 23.6 Å². The Morgan fingerprint density at radius 1 is 1.30 bits per heavy atom. The summed E-state index contributed by atoms with van der Waals surface area (Å²) in [5.41, 5.74) is 2.33. The molecule has 2 aromatic carbocycles. The fourth-order valence-electron chi connectivity index (χ4n) is 2.37. The second kappa shape index (κ2) is 8.28. The van der Waals surface area contributed by atoms with Crippen molar-refractivity contribution in [3.05, 3.63) is 68.0 Å². The highest BCUT2D eigenvalue weighted by Crippen LogP contribution is 2.32. The van der Waals surface area contributed by atoms with Crippen molar-refractivity contribution in [3.8, 4) is 17.0 Å². The van der Waals surface area contributed by atoms with E-state index >= 15 is 0 Å². The van der Waals surface area contributed by atoms with E-state index in [2.05, 4.69) is 26.2 Å². The zero-order valence-electron chi connectivity index (χ0n) is 14.1. The lowest BCUT2D eigenvalue weighted by atomic mass is 10.1. The lowest BCUT2D eigenvalue weighted by Crippen LogP contribution is -2.14. The van der Waals surface area contributed by atoms with E-state index < -0.39 is 4.92 Å². The first-order valence-corrected chi connectivity index (χ1v) is 9.46. The van der Waals surface area contributed by atoms with Crippen molar-refractivity contribution in [3.63, 3.8) is 0 Å². The number of nitro benzene ring substituents is 1. The van der Waals surface area contributed by atoms with Crippen LogP contribution in [0.5, 0.6) is 5.75 Å². The molecule has 7 nitrogen and oxygen atoms in total. The predicted molar refractivity (Wildman–Crippen MR) is 107 cm³/mol. The van der Waals surface area contributed by atoms with E-state index in [1.54, 1.807) is 19.2 Å². The highest BCUT2D eigenvalue weighted by atomic mass is 79.9. The molecule has 0 spiro atoms. The summed E-state index contributed by atoms with van der Waals surface area (Å²) < 4.78 is 6.03. The molecule has 1 heterocycles. The Labute approximate surface area is 167 Å². The Bertz CT molecular complexity index is 989. The number of amides is 1. The molecule has 0 bridgehead atoms. The van der Waals surface area contributed by atoms with Gasteiger partial charge in [0.15, 0.2) is 5.13 Å². The average molecular weight is 448 g/mol. The molecule has 27 heavy (non-hydrogen) atoms. The number of anilines is 1. The highest BCUT2D eigenvalue weighted by molar-refractivity contribution is 9.10. The first kappa shape index (κ1) is 19.0. The van der Waals surface area contributed by atoms with Gasteiger partial charge < -0.3 is 10.1 Å². The Morgan fingerprint density at radius 2 is 2.04 bits per heavy atom. The van der Waals surface area contributed by atoms with Crippen LogP contribution in [-0.4, -0.2) is 22.9 Å². The van der Waals surface area contributed by atoms with Crippen molar-refractivity contribution >= 4 is 44.0 Å². The van der Waals surface area contributed by atoms with E-state index in [0.29, 0.717) is 10.7 Å². The van der Waals surface area contributed by atoms with Gasteiger partial charge in [-0.3, -0.25) is 14.9 Å². The summed E-state index contributed by atoms with van der Waals surface area (Å²) >= 11 is 4.77. The number of rotatable bonds is 6. The first-order valence-electron chi connectivity index (χ1n) is 7.79. The molecule has 0 aliphatic carbocycles. The number of hydrogen-bond donors (Lipinski definition) is 1. The number of benzene rings is 2. The van der Waals surface area contributed by atoms with Gasteiger partial charge >= 0.3 is 0 Å². The normalized spacial score (nSPS) is 10.4. The predicted octanol–water partition coefficient (Wildman–Crippen LogP) is 4.67. The molecular formula is C18H14BrN3O4S. The number of carbonyl (C=O) groups is 1. The number of hydrogen-bond acceptors (Lipinski definition) is 6. The maximum absolute atomic E-state index is 12.2. The lowest BCUT2D eigenvalue weighted by Gasteiger charge is -2.04. The zero-order valence-corrected chi connectivity index (χ0v) is 16.5. The summed E-state index contributed by atoms with van der Waals surface area (Å²) in [6.07, 6.45) is 0.112. The number of halogens is 1. The number of nitro groups is 1. The summed E-state index contributed by atoms with van der Waals surface area (Å²) in [5, 5.41) is 15.8. The highest BCUT2D eigenvalue weighted by Gasteiger charge is 2.11. The van der Waals surface area contributed by atoms with Gasteiger partial charge in [-0.2, -0.15) is 0 Å². The molecule has 0 unspecified atom stereocenters. The van der Waals surface area contributed by atoms with Crippen LogP contribution in [0.4, 0.5) is 10.8 Å². The number of aromatic nitrogens is 1. The fourth-order valence-corrected chi connectivity index (χ4v) is 3.65. The average Bonchev–Trinajstić information content (AvgIpc) is 3.10. The number of non-ortho nitro benzene ring substituents is 1. The van der Waals surface area contributed by atoms with Crippen molar-refractivity contribution in [1.82, 2.24) is 4.98 Å². The molecule has 9 heteroatoms. The van der Waals surface area contributed by atoms with E-state index in [4.69, 9.17) is 4.74 Å². The minimum atomic E-state index is -0.474. The van der Waals surface area contributed by atoms with Gasteiger partial charge in [-0.15, -0.1) is 11.3 Å². The van der Waals surface area contributed by atoms with E-state index in [-0.39, 0.29) is 18.0 Å². The van der Waals surface area contributed by atoms with Crippen LogP contribution in [0.15, 0.2) is 52.3 Å². The maximum Gasteiger partial charge on any atom is 0.269 e. The standard InChI is InChI=1S/C18H14BrN3O4S/c1-26-16-7-4-12(9-14(16)19)15-10-27-18(20-15)21-17(23)8-11-2-5-13(6-3-11)22(24)25/h2-7,9-10H,8H2,1H3,(H,20,21,23). The largest absolute Gasteiger partial charge is 0.496 e. The number of nitrogens with one attached hydrogen (secondary N) is 1. The van der Waals surface area contributed by atoms with Gasteiger partial charge in [-0.05, 0) is 39.7 Å². The molecule has 1 N–H and O–H groups in total.